The summed E-state index contributed by atoms with van der Waals surface area (Å²) in [6, 6.07) is 13.2. The summed E-state index contributed by atoms with van der Waals surface area (Å²) in [5.41, 5.74) is 0.710. The average molecular weight is 374 g/mol. The highest BCUT2D eigenvalue weighted by atomic mass is 32.2. The van der Waals surface area contributed by atoms with E-state index in [0.717, 1.165) is 25.8 Å². The van der Waals surface area contributed by atoms with E-state index in [-0.39, 0.29) is 16.8 Å². The van der Waals surface area contributed by atoms with E-state index in [0.29, 0.717) is 17.2 Å². The zero-order chi connectivity index (χ0) is 18.6. The molecule has 2 aromatic carbocycles. The number of sulfone groups is 1. The van der Waals surface area contributed by atoms with Crippen molar-refractivity contribution in [2.75, 3.05) is 18.1 Å². The Morgan fingerprint density at radius 3 is 2.19 bits per heavy atom. The molecule has 0 bridgehead atoms. The summed E-state index contributed by atoms with van der Waals surface area (Å²) < 4.78 is 28.6. The van der Waals surface area contributed by atoms with E-state index in [1.54, 1.807) is 36.4 Å². The maximum Gasteiger partial charge on any atom is 0.241 e. The Morgan fingerprint density at radius 1 is 1.04 bits per heavy atom. The minimum Gasteiger partial charge on any atom is -0.457 e. The third-order valence-corrected chi connectivity index (χ3v) is 5.36. The molecule has 0 spiro atoms. The quantitative estimate of drug-likeness (QED) is 0.841. The second kappa shape index (κ2) is 7.88. The normalized spacial score (nSPS) is 17.5. The van der Waals surface area contributed by atoms with Gasteiger partial charge in [-0.1, -0.05) is 6.42 Å². The first-order chi connectivity index (χ1) is 12.4. The molecule has 3 rings (SSSR count). The summed E-state index contributed by atoms with van der Waals surface area (Å²) in [6.45, 7) is 0.878. The largest absolute Gasteiger partial charge is 0.457 e. The van der Waals surface area contributed by atoms with Gasteiger partial charge in [0.15, 0.2) is 9.84 Å². The van der Waals surface area contributed by atoms with Crippen LogP contribution in [0.3, 0.4) is 0 Å². The molecular weight excluding hydrogens is 352 g/mol. The van der Waals surface area contributed by atoms with Crippen LogP contribution in [0.1, 0.15) is 19.3 Å². The summed E-state index contributed by atoms with van der Waals surface area (Å²) in [6.07, 6.45) is 4.20. The number of nitrogens with one attached hydrogen (secondary N) is 2. The van der Waals surface area contributed by atoms with Gasteiger partial charge in [0.2, 0.25) is 5.91 Å². The van der Waals surface area contributed by atoms with Crippen molar-refractivity contribution in [3.05, 3.63) is 48.5 Å². The Kier molecular flexibility index (Phi) is 5.58. The fraction of sp³-hybridized carbons (Fsp3) is 0.316. The Labute approximate surface area is 153 Å². The molecule has 1 saturated heterocycles. The Hall–Kier alpha value is -2.38. The second-order valence-corrected chi connectivity index (χ2v) is 8.38. The zero-order valence-corrected chi connectivity index (χ0v) is 15.4. The fourth-order valence-corrected chi connectivity index (χ4v) is 3.43. The SMILES string of the molecule is CS(=O)(=O)c1ccc(Oc2ccc(NC(=O)C3CCCCN3)cc2)cc1. The molecule has 0 aromatic heterocycles. The Morgan fingerprint density at radius 2 is 1.65 bits per heavy atom. The first-order valence-corrected chi connectivity index (χ1v) is 10.4. The summed E-state index contributed by atoms with van der Waals surface area (Å²) in [5, 5.41) is 6.12. The highest BCUT2D eigenvalue weighted by Gasteiger charge is 2.20. The van der Waals surface area contributed by atoms with Crippen LogP contribution in [0.5, 0.6) is 11.5 Å². The van der Waals surface area contributed by atoms with Crippen LogP contribution in [-0.4, -0.2) is 33.2 Å². The smallest absolute Gasteiger partial charge is 0.241 e. The molecule has 0 aliphatic carbocycles. The van der Waals surface area contributed by atoms with Crippen molar-refractivity contribution < 1.29 is 17.9 Å². The molecule has 1 unspecified atom stereocenters. The summed E-state index contributed by atoms with van der Waals surface area (Å²) in [5.74, 6) is 1.13. The monoisotopic (exact) mass is 374 g/mol. The fourth-order valence-electron chi connectivity index (χ4n) is 2.80. The Bertz CT molecular complexity index is 855. The number of rotatable bonds is 5. The number of anilines is 1. The van der Waals surface area contributed by atoms with Crippen molar-refractivity contribution in [3.63, 3.8) is 0 Å². The van der Waals surface area contributed by atoms with Gasteiger partial charge in [-0.2, -0.15) is 0 Å². The van der Waals surface area contributed by atoms with Crippen LogP contribution in [0.25, 0.3) is 0 Å². The lowest BCUT2D eigenvalue weighted by molar-refractivity contribution is -0.118. The molecule has 1 aliphatic heterocycles. The minimum absolute atomic E-state index is 0.0188. The van der Waals surface area contributed by atoms with Gasteiger partial charge in [-0.25, -0.2) is 8.42 Å². The van der Waals surface area contributed by atoms with E-state index in [2.05, 4.69) is 10.6 Å². The molecule has 1 amide bonds. The predicted octanol–water partition coefficient (Wildman–Crippen LogP) is 2.96. The van der Waals surface area contributed by atoms with Crippen LogP contribution in [-0.2, 0) is 14.6 Å². The maximum atomic E-state index is 12.2. The van der Waals surface area contributed by atoms with Gasteiger partial charge in [-0.15, -0.1) is 0 Å². The summed E-state index contributed by atoms with van der Waals surface area (Å²) in [7, 11) is -3.22. The minimum atomic E-state index is -3.22. The van der Waals surface area contributed by atoms with Crippen LogP contribution < -0.4 is 15.4 Å². The van der Waals surface area contributed by atoms with Gasteiger partial charge < -0.3 is 15.4 Å². The molecule has 1 aliphatic rings. The van der Waals surface area contributed by atoms with Crippen molar-refractivity contribution >= 4 is 21.4 Å². The first-order valence-electron chi connectivity index (χ1n) is 8.54. The molecule has 7 heteroatoms. The van der Waals surface area contributed by atoms with Gasteiger partial charge in [0.1, 0.15) is 11.5 Å². The summed E-state index contributed by atoms with van der Waals surface area (Å²) in [4.78, 5) is 12.5. The van der Waals surface area contributed by atoms with E-state index < -0.39 is 9.84 Å². The standard InChI is InChI=1S/C19H22N2O4S/c1-26(23,24)17-11-9-16(10-12-17)25-15-7-5-14(6-8-15)21-19(22)18-4-2-3-13-20-18/h5-12,18,20H,2-4,13H2,1H3,(H,21,22). The lowest BCUT2D eigenvalue weighted by Gasteiger charge is -2.22. The van der Waals surface area contributed by atoms with Crippen molar-refractivity contribution in [1.29, 1.82) is 0 Å². The number of benzene rings is 2. The Balaban J connectivity index is 1.59. The first kappa shape index (κ1) is 18.4. The van der Waals surface area contributed by atoms with Crippen molar-refractivity contribution in [1.82, 2.24) is 5.32 Å². The van der Waals surface area contributed by atoms with Crippen molar-refractivity contribution in [2.24, 2.45) is 0 Å². The van der Waals surface area contributed by atoms with Crippen molar-refractivity contribution in [2.45, 2.75) is 30.2 Å². The summed E-state index contributed by atoms with van der Waals surface area (Å²) >= 11 is 0. The van der Waals surface area contributed by atoms with Crippen LogP contribution >= 0.6 is 0 Å². The van der Waals surface area contributed by atoms with E-state index in [4.69, 9.17) is 4.74 Å². The molecule has 0 radical (unpaired) electrons. The molecule has 1 heterocycles. The van der Waals surface area contributed by atoms with Gasteiger partial charge in [0.05, 0.1) is 10.9 Å². The van der Waals surface area contributed by atoms with Gasteiger partial charge in [0.25, 0.3) is 0 Å². The highest BCUT2D eigenvalue weighted by Crippen LogP contribution is 2.24. The maximum absolute atomic E-state index is 12.2. The topological polar surface area (TPSA) is 84.5 Å². The van der Waals surface area contributed by atoms with Gasteiger partial charge in [0, 0.05) is 11.9 Å². The second-order valence-electron chi connectivity index (χ2n) is 6.36. The third-order valence-electron chi connectivity index (χ3n) is 4.24. The van der Waals surface area contributed by atoms with Crippen LogP contribution in [0, 0.1) is 0 Å². The van der Waals surface area contributed by atoms with E-state index in [1.165, 1.54) is 18.4 Å². The molecular formula is C19H22N2O4S. The molecule has 2 N–H and O–H groups in total. The number of amides is 1. The van der Waals surface area contributed by atoms with Gasteiger partial charge >= 0.3 is 0 Å². The highest BCUT2D eigenvalue weighted by molar-refractivity contribution is 7.90. The van der Waals surface area contributed by atoms with Crippen LogP contribution in [0.4, 0.5) is 5.69 Å². The van der Waals surface area contributed by atoms with Crippen LogP contribution in [0.15, 0.2) is 53.4 Å². The van der Waals surface area contributed by atoms with Crippen molar-refractivity contribution in [3.8, 4) is 11.5 Å². The van der Waals surface area contributed by atoms with Gasteiger partial charge in [-0.3, -0.25) is 4.79 Å². The number of ether oxygens (including phenoxy) is 1. The molecule has 6 nitrogen and oxygen atoms in total. The number of hydrogen-bond acceptors (Lipinski definition) is 5. The lowest BCUT2D eigenvalue weighted by Crippen LogP contribution is -2.43. The third kappa shape index (κ3) is 4.83. The molecule has 2 aromatic rings. The number of piperidine rings is 1. The number of hydrogen-bond donors (Lipinski definition) is 2. The zero-order valence-electron chi connectivity index (χ0n) is 14.6. The van der Waals surface area contributed by atoms with Gasteiger partial charge in [-0.05, 0) is 67.9 Å². The van der Waals surface area contributed by atoms with Crippen LogP contribution in [0.2, 0.25) is 0 Å². The molecule has 26 heavy (non-hydrogen) atoms. The number of carbonyl (C=O) groups is 1. The average Bonchev–Trinajstić information content (AvgIpc) is 2.64. The van der Waals surface area contributed by atoms with E-state index >= 15 is 0 Å². The molecule has 138 valence electrons. The molecule has 1 fully saturated rings. The van der Waals surface area contributed by atoms with E-state index in [1.807, 2.05) is 0 Å². The number of carbonyl (C=O) groups excluding carboxylic acids is 1. The van der Waals surface area contributed by atoms with E-state index in [9.17, 15) is 13.2 Å². The molecule has 1 atom stereocenters. The predicted molar refractivity (Wildman–Crippen MR) is 100 cm³/mol. The molecule has 0 saturated carbocycles. The lowest BCUT2D eigenvalue weighted by atomic mass is 10.0.